The van der Waals surface area contributed by atoms with Crippen LogP contribution in [0.5, 0.6) is 0 Å². The second kappa shape index (κ2) is 5.07. The highest BCUT2D eigenvalue weighted by Crippen LogP contribution is 2.29. The predicted molar refractivity (Wildman–Crippen MR) is 84.7 cm³/mol. The highest BCUT2D eigenvalue weighted by atomic mass is 19.1. The Morgan fingerprint density at radius 3 is 2.41 bits per heavy atom. The zero-order chi connectivity index (χ0) is 14.9. The molecule has 4 aromatic rings. The molecule has 3 heterocycles. The molecule has 0 aliphatic carbocycles. The number of rotatable bonds is 2. The van der Waals surface area contributed by atoms with Crippen molar-refractivity contribution in [2.24, 2.45) is 0 Å². The van der Waals surface area contributed by atoms with E-state index in [0.717, 1.165) is 27.7 Å². The number of H-pyrrole nitrogens is 1. The third-order valence-electron chi connectivity index (χ3n) is 3.70. The van der Waals surface area contributed by atoms with Gasteiger partial charge in [-0.1, -0.05) is 6.07 Å². The van der Waals surface area contributed by atoms with E-state index in [1.54, 1.807) is 36.9 Å². The fourth-order valence-corrected chi connectivity index (χ4v) is 2.57. The summed E-state index contributed by atoms with van der Waals surface area (Å²) >= 11 is 0. The number of aromatic amines is 1. The van der Waals surface area contributed by atoms with E-state index in [9.17, 15) is 4.39 Å². The number of aromatic nitrogens is 3. The smallest absolute Gasteiger partial charge is 0.133 e. The average Bonchev–Trinajstić information content (AvgIpc) is 2.99. The number of pyridine rings is 2. The van der Waals surface area contributed by atoms with Crippen LogP contribution in [-0.2, 0) is 0 Å². The van der Waals surface area contributed by atoms with Crippen LogP contribution >= 0.6 is 0 Å². The SMILES string of the molecule is Fc1cc(-c2ccncc2)ccc1-c1cc2ccncc2[nH]1. The minimum atomic E-state index is -0.256. The van der Waals surface area contributed by atoms with E-state index in [-0.39, 0.29) is 5.82 Å². The molecule has 4 heteroatoms. The monoisotopic (exact) mass is 289 g/mol. The predicted octanol–water partition coefficient (Wildman–Crippen LogP) is 4.43. The summed E-state index contributed by atoms with van der Waals surface area (Å²) in [4.78, 5) is 11.2. The van der Waals surface area contributed by atoms with Gasteiger partial charge in [0.15, 0.2) is 0 Å². The molecule has 0 aliphatic rings. The van der Waals surface area contributed by atoms with Crippen molar-refractivity contribution in [3.8, 4) is 22.4 Å². The van der Waals surface area contributed by atoms with Crippen molar-refractivity contribution in [2.45, 2.75) is 0 Å². The van der Waals surface area contributed by atoms with Crippen molar-refractivity contribution in [2.75, 3.05) is 0 Å². The molecule has 0 spiro atoms. The molecule has 0 fully saturated rings. The minimum Gasteiger partial charge on any atom is -0.353 e. The molecule has 0 atom stereocenters. The Morgan fingerprint density at radius 1 is 0.818 bits per heavy atom. The molecule has 3 aromatic heterocycles. The standard InChI is InChI=1S/C18H12FN3/c19-16-9-13(12-3-6-20-7-4-12)1-2-15(16)17-10-14-5-8-21-11-18(14)22-17/h1-11,22H. The minimum absolute atomic E-state index is 0.256. The number of hydrogen-bond donors (Lipinski definition) is 1. The number of benzene rings is 1. The lowest BCUT2D eigenvalue weighted by Gasteiger charge is -2.05. The van der Waals surface area contributed by atoms with Gasteiger partial charge in [-0.3, -0.25) is 9.97 Å². The van der Waals surface area contributed by atoms with E-state index in [2.05, 4.69) is 15.0 Å². The van der Waals surface area contributed by atoms with Gasteiger partial charge in [0.25, 0.3) is 0 Å². The molecule has 1 N–H and O–H groups in total. The zero-order valence-electron chi connectivity index (χ0n) is 11.6. The first-order chi connectivity index (χ1) is 10.8. The van der Waals surface area contributed by atoms with Crippen LogP contribution < -0.4 is 0 Å². The fourth-order valence-electron chi connectivity index (χ4n) is 2.57. The van der Waals surface area contributed by atoms with Gasteiger partial charge >= 0.3 is 0 Å². The van der Waals surface area contributed by atoms with E-state index >= 15 is 0 Å². The number of nitrogens with one attached hydrogen (secondary N) is 1. The summed E-state index contributed by atoms with van der Waals surface area (Å²) in [6.45, 7) is 0. The van der Waals surface area contributed by atoms with Crippen LogP contribution in [-0.4, -0.2) is 15.0 Å². The van der Waals surface area contributed by atoms with Crippen LogP contribution in [0.1, 0.15) is 0 Å². The van der Waals surface area contributed by atoms with E-state index in [4.69, 9.17) is 0 Å². The van der Waals surface area contributed by atoms with Crippen molar-refractivity contribution in [1.82, 2.24) is 15.0 Å². The second-order valence-electron chi connectivity index (χ2n) is 5.08. The molecule has 0 saturated carbocycles. The third kappa shape index (κ3) is 2.15. The van der Waals surface area contributed by atoms with E-state index in [1.165, 1.54) is 0 Å². The maximum Gasteiger partial charge on any atom is 0.133 e. The van der Waals surface area contributed by atoms with Gasteiger partial charge in [-0.2, -0.15) is 0 Å². The van der Waals surface area contributed by atoms with Gasteiger partial charge in [0, 0.05) is 35.2 Å². The van der Waals surface area contributed by atoms with Gasteiger partial charge in [-0.25, -0.2) is 4.39 Å². The highest BCUT2D eigenvalue weighted by Gasteiger charge is 2.10. The third-order valence-corrected chi connectivity index (χ3v) is 3.70. The Labute approximate surface area is 126 Å². The van der Waals surface area contributed by atoms with Crippen LogP contribution in [0.15, 0.2) is 67.3 Å². The van der Waals surface area contributed by atoms with E-state index in [0.29, 0.717) is 5.56 Å². The molecular weight excluding hydrogens is 277 g/mol. The van der Waals surface area contributed by atoms with Crippen LogP contribution in [0.2, 0.25) is 0 Å². The molecular formula is C18H12FN3. The van der Waals surface area contributed by atoms with Gasteiger partial charge in [-0.15, -0.1) is 0 Å². The lowest BCUT2D eigenvalue weighted by atomic mass is 10.0. The molecule has 3 nitrogen and oxygen atoms in total. The number of halogens is 1. The van der Waals surface area contributed by atoms with E-state index in [1.807, 2.05) is 30.3 Å². The summed E-state index contributed by atoms with van der Waals surface area (Å²) < 4.78 is 14.5. The zero-order valence-corrected chi connectivity index (χ0v) is 11.6. The Bertz CT molecular complexity index is 912. The normalized spacial score (nSPS) is 11.0. The summed E-state index contributed by atoms with van der Waals surface area (Å²) in [6.07, 6.45) is 6.86. The molecule has 22 heavy (non-hydrogen) atoms. The molecule has 0 radical (unpaired) electrons. The molecule has 4 rings (SSSR count). The summed E-state index contributed by atoms with van der Waals surface area (Å²) in [5, 5.41) is 1.02. The summed E-state index contributed by atoms with van der Waals surface area (Å²) in [5.74, 6) is -0.256. The molecule has 0 bridgehead atoms. The Balaban J connectivity index is 1.80. The van der Waals surface area contributed by atoms with Crippen molar-refractivity contribution >= 4 is 10.9 Å². The Morgan fingerprint density at radius 2 is 1.64 bits per heavy atom. The molecule has 0 saturated heterocycles. The summed E-state index contributed by atoms with van der Waals surface area (Å²) in [5.41, 5.74) is 3.98. The van der Waals surface area contributed by atoms with Crippen molar-refractivity contribution < 1.29 is 4.39 Å². The molecule has 0 unspecified atom stereocenters. The molecule has 106 valence electrons. The lowest BCUT2D eigenvalue weighted by molar-refractivity contribution is 0.631. The van der Waals surface area contributed by atoms with Crippen LogP contribution in [0.3, 0.4) is 0 Å². The van der Waals surface area contributed by atoms with Crippen molar-refractivity contribution in [3.05, 3.63) is 73.1 Å². The van der Waals surface area contributed by atoms with Gasteiger partial charge in [0.1, 0.15) is 5.82 Å². The maximum atomic E-state index is 14.5. The highest BCUT2D eigenvalue weighted by molar-refractivity contribution is 5.85. The topological polar surface area (TPSA) is 41.6 Å². The quantitative estimate of drug-likeness (QED) is 0.593. The second-order valence-corrected chi connectivity index (χ2v) is 5.08. The number of hydrogen-bond acceptors (Lipinski definition) is 2. The molecule has 1 aromatic carbocycles. The largest absolute Gasteiger partial charge is 0.353 e. The number of nitrogens with zero attached hydrogens (tertiary/aromatic N) is 2. The van der Waals surface area contributed by atoms with Gasteiger partial charge in [0.2, 0.25) is 0 Å². The van der Waals surface area contributed by atoms with Crippen LogP contribution in [0, 0.1) is 5.82 Å². The summed E-state index contributed by atoms with van der Waals surface area (Å²) in [7, 11) is 0. The first-order valence-electron chi connectivity index (χ1n) is 6.94. The maximum absolute atomic E-state index is 14.5. The first-order valence-corrected chi connectivity index (χ1v) is 6.94. The molecule has 0 amide bonds. The Kier molecular flexibility index (Phi) is 2.93. The number of fused-ring (bicyclic) bond motifs is 1. The van der Waals surface area contributed by atoms with E-state index < -0.39 is 0 Å². The lowest BCUT2D eigenvalue weighted by Crippen LogP contribution is -1.87. The van der Waals surface area contributed by atoms with Crippen molar-refractivity contribution in [3.63, 3.8) is 0 Å². The van der Waals surface area contributed by atoms with Gasteiger partial charge in [0.05, 0.1) is 11.7 Å². The summed E-state index contributed by atoms with van der Waals surface area (Å²) in [6, 6.07) is 12.8. The average molecular weight is 289 g/mol. The van der Waals surface area contributed by atoms with Gasteiger partial charge < -0.3 is 4.98 Å². The van der Waals surface area contributed by atoms with Gasteiger partial charge in [-0.05, 0) is 47.5 Å². The van der Waals surface area contributed by atoms with Crippen LogP contribution in [0.4, 0.5) is 4.39 Å². The molecule has 0 aliphatic heterocycles. The Hall–Kier alpha value is -3.01. The first kappa shape index (κ1) is 12.7. The van der Waals surface area contributed by atoms with Crippen molar-refractivity contribution in [1.29, 1.82) is 0 Å². The fraction of sp³-hybridized carbons (Fsp3) is 0. The van der Waals surface area contributed by atoms with Crippen LogP contribution in [0.25, 0.3) is 33.3 Å².